The van der Waals surface area contributed by atoms with Crippen molar-refractivity contribution >= 4 is 38.9 Å². The van der Waals surface area contributed by atoms with Crippen LogP contribution in [0.25, 0.3) is 0 Å². The molecule has 0 atom stereocenters. The quantitative estimate of drug-likeness (QED) is 0.541. The smallest absolute Gasteiger partial charge is 0.324 e. The molecule has 3 aromatic carbocycles. The van der Waals surface area contributed by atoms with Crippen molar-refractivity contribution in [1.82, 2.24) is 0 Å². The lowest BCUT2D eigenvalue weighted by Crippen LogP contribution is -2.38. The number of para-hydroxylation sites is 2. The van der Waals surface area contributed by atoms with E-state index in [0.29, 0.717) is 0 Å². The van der Waals surface area contributed by atoms with Crippen molar-refractivity contribution in [2.45, 2.75) is 11.1 Å². The van der Waals surface area contributed by atoms with Gasteiger partial charge in [-0.3, -0.25) is 9.10 Å². The number of amides is 1. The van der Waals surface area contributed by atoms with Crippen molar-refractivity contribution < 1.29 is 26.4 Å². The Morgan fingerprint density at radius 2 is 1.48 bits per heavy atom. The molecule has 0 aliphatic rings. The molecule has 0 saturated heterocycles. The van der Waals surface area contributed by atoms with Crippen LogP contribution in [-0.4, -0.2) is 20.9 Å². The van der Waals surface area contributed by atoms with E-state index in [2.05, 4.69) is 5.32 Å². The van der Waals surface area contributed by atoms with Crippen LogP contribution >= 0.6 is 11.6 Å². The number of alkyl halides is 3. The standard InChI is InChI=1S/C21H16ClF3N2O3S/c22-17-11-5-7-13-19(17)27(31(29,30)15-8-2-1-3-9-15)14-20(28)26-18-12-6-4-10-16(18)21(23,24)25/h1-13H,14H2,(H,26,28). The fraction of sp³-hybridized carbons (Fsp3) is 0.0952. The van der Waals surface area contributed by atoms with Crippen molar-refractivity contribution in [3.05, 3.63) is 89.4 Å². The molecule has 0 aromatic heterocycles. The third-order valence-corrected chi connectivity index (χ3v) is 6.34. The summed E-state index contributed by atoms with van der Waals surface area (Å²) in [5, 5.41) is 2.21. The Bertz CT molecular complexity index is 1190. The van der Waals surface area contributed by atoms with Crippen LogP contribution in [0.4, 0.5) is 24.5 Å². The van der Waals surface area contributed by atoms with Gasteiger partial charge in [0.1, 0.15) is 6.54 Å². The van der Waals surface area contributed by atoms with Gasteiger partial charge in [-0.2, -0.15) is 13.2 Å². The van der Waals surface area contributed by atoms with Crippen molar-refractivity contribution in [2.75, 3.05) is 16.2 Å². The highest BCUT2D eigenvalue weighted by Crippen LogP contribution is 2.35. The van der Waals surface area contributed by atoms with Gasteiger partial charge < -0.3 is 5.32 Å². The number of carbonyl (C=O) groups excluding carboxylic acids is 1. The van der Waals surface area contributed by atoms with Crippen molar-refractivity contribution in [1.29, 1.82) is 0 Å². The molecule has 10 heteroatoms. The third-order valence-electron chi connectivity index (χ3n) is 4.25. The molecule has 0 saturated carbocycles. The summed E-state index contributed by atoms with van der Waals surface area (Å²) in [6.07, 6.45) is -4.69. The Morgan fingerprint density at radius 1 is 0.903 bits per heavy atom. The molecule has 0 bridgehead atoms. The molecular formula is C21H16ClF3N2O3S. The van der Waals surface area contributed by atoms with Gasteiger partial charge in [0, 0.05) is 0 Å². The molecule has 0 radical (unpaired) electrons. The van der Waals surface area contributed by atoms with Gasteiger partial charge in [-0.1, -0.05) is 54.1 Å². The number of carbonyl (C=O) groups is 1. The fourth-order valence-corrected chi connectivity index (χ4v) is 4.58. The molecule has 1 N–H and O–H groups in total. The number of nitrogens with zero attached hydrogens (tertiary/aromatic N) is 1. The van der Waals surface area contributed by atoms with E-state index in [1.807, 2.05) is 0 Å². The van der Waals surface area contributed by atoms with Crippen LogP contribution < -0.4 is 9.62 Å². The highest BCUT2D eigenvalue weighted by Gasteiger charge is 2.34. The van der Waals surface area contributed by atoms with Crippen LogP contribution in [0.5, 0.6) is 0 Å². The zero-order valence-corrected chi connectivity index (χ0v) is 17.4. The van der Waals surface area contributed by atoms with Crippen molar-refractivity contribution in [3.63, 3.8) is 0 Å². The Balaban J connectivity index is 1.97. The van der Waals surface area contributed by atoms with E-state index in [-0.39, 0.29) is 15.6 Å². The summed E-state index contributed by atoms with van der Waals surface area (Å²) in [7, 11) is -4.24. The first kappa shape index (κ1) is 22.6. The van der Waals surface area contributed by atoms with Crippen LogP contribution in [-0.2, 0) is 21.0 Å². The van der Waals surface area contributed by atoms with E-state index in [4.69, 9.17) is 11.6 Å². The number of hydrogen-bond donors (Lipinski definition) is 1. The van der Waals surface area contributed by atoms with E-state index < -0.39 is 39.9 Å². The summed E-state index contributed by atoms with van der Waals surface area (Å²) < 4.78 is 66.8. The van der Waals surface area contributed by atoms with Crippen LogP contribution in [0, 0.1) is 0 Å². The summed E-state index contributed by atoms with van der Waals surface area (Å²) in [6, 6.07) is 17.7. The zero-order valence-electron chi connectivity index (χ0n) is 15.8. The van der Waals surface area contributed by atoms with Gasteiger partial charge in [-0.05, 0) is 36.4 Å². The van der Waals surface area contributed by atoms with E-state index in [0.717, 1.165) is 16.4 Å². The average Bonchev–Trinajstić information content (AvgIpc) is 2.73. The van der Waals surface area contributed by atoms with E-state index in [1.165, 1.54) is 54.6 Å². The number of sulfonamides is 1. The first-order chi connectivity index (χ1) is 14.6. The Morgan fingerprint density at radius 3 is 2.13 bits per heavy atom. The highest BCUT2D eigenvalue weighted by molar-refractivity contribution is 7.92. The minimum absolute atomic E-state index is 0.0206. The van der Waals surface area contributed by atoms with Gasteiger partial charge in [0.15, 0.2) is 0 Å². The lowest BCUT2D eigenvalue weighted by atomic mass is 10.1. The maximum Gasteiger partial charge on any atom is 0.418 e. The van der Waals surface area contributed by atoms with Gasteiger partial charge in [0.25, 0.3) is 10.0 Å². The Kier molecular flexibility index (Phi) is 6.56. The highest BCUT2D eigenvalue weighted by atomic mass is 35.5. The molecule has 0 spiro atoms. The number of nitrogens with one attached hydrogen (secondary N) is 1. The molecule has 0 heterocycles. The maximum atomic E-state index is 13.2. The first-order valence-corrected chi connectivity index (χ1v) is 10.7. The lowest BCUT2D eigenvalue weighted by molar-refractivity contribution is -0.137. The lowest BCUT2D eigenvalue weighted by Gasteiger charge is -2.25. The fourth-order valence-electron chi connectivity index (χ4n) is 2.83. The summed E-state index contributed by atoms with van der Waals surface area (Å²) >= 11 is 6.15. The minimum atomic E-state index is -4.69. The number of anilines is 2. The van der Waals surface area contributed by atoms with Gasteiger partial charge in [-0.15, -0.1) is 0 Å². The summed E-state index contributed by atoms with van der Waals surface area (Å²) in [4.78, 5) is 12.5. The second-order valence-electron chi connectivity index (χ2n) is 6.37. The molecule has 162 valence electrons. The summed E-state index contributed by atoms with van der Waals surface area (Å²) in [5.41, 5.74) is -1.50. The summed E-state index contributed by atoms with van der Waals surface area (Å²) in [5.74, 6) is -0.962. The Hall–Kier alpha value is -3.04. The molecule has 0 aliphatic heterocycles. The predicted octanol–water partition coefficient (Wildman–Crippen LogP) is 5.19. The molecule has 5 nitrogen and oxygen atoms in total. The Labute approximate surface area is 182 Å². The van der Waals surface area contributed by atoms with E-state index in [1.54, 1.807) is 12.1 Å². The second-order valence-corrected chi connectivity index (χ2v) is 8.64. The molecule has 31 heavy (non-hydrogen) atoms. The van der Waals surface area contributed by atoms with Crippen LogP contribution in [0.2, 0.25) is 5.02 Å². The van der Waals surface area contributed by atoms with Crippen LogP contribution in [0.15, 0.2) is 83.8 Å². The van der Waals surface area contributed by atoms with Crippen molar-refractivity contribution in [3.8, 4) is 0 Å². The molecule has 3 rings (SSSR count). The van der Waals surface area contributed by atoms with Crippen LogP contribution in [0.3, 0.4) is 0 Å². The molecule has 3 aromatic rings. The minimum Gasteiger partial charge on any atom is -0.324 e. The number of rotatable bonds is 6. The van der Waals surface area contributed by atoms with Gasteiger partial charge in [0.05, 0.1) is 26.9 Å². The van der Waals surface area contributed by atoms with Gasteiger partial charge in [-0.25, -0.2) is 8.42 Å². The monoisotopic (exact) mass is 468 g/mol. The number of hydrogen-bond acceptors (Lipinski definition) is 3. The molecule has 0 aliphatic carbocycles. The molecule has 0 fully saturated rings. The number of halogens is 4. The molecule has 0 unspecified atom stereocenters. The van der Waals surface area contributed by atoms with Gasteiger partial charge >= 0.3 is 6.18 Å². The maximum absolute atomic E-state index is 13.2. The van der Waals surface area contributed by atoms with Crippen molar-refractivity contribution in [2.24, 2.45) is 0 Å². The zero-order chi connectivity index (χ0) is 22.6. The first-order valence-electron chi connectivity index (χ1n) is 8.89. The van der Waals surface area contributed by atoms with E-state index in [9.17, 15) is 26.4 Å². The molecular weight excluding hydrogens is 453 g/mol. The van der Waals surface area contributed by atoms with Gasteiger partial charge in [0.2, 0.25) is 5.91 Å². The number of benzene rings is 3. The van der Waals surface area contributed by atoms with Crippen LogP contribution in [0.1, 0.15) is 5.56 Å². The molecule has 1 amide bonds. The summed E-state index contributed by atoms with van der Waals surface area (Å²) in [6.45, 7) is -0.785. The average molecular weight is 469 g/mol. The normalized spacial score (nSPS) is 11.7. The second kappa shape index (κ2) is 8.99. The topological polar surface area (TPSA) is 66.5 Å². The van der Waals surface area contributed by atoms with E-state index >= 15 is 0 Å². The third kappa shape index (κ3) is 5.18. The predicted molar refractivity (Wildman–Crippen MR) is 112 cm³/mol. The SMILES string of the molecule is O=C(CN(c1ccccc1Cl)S(=O)(=O)c1ccccc1)Nc1ccccc1C(F)(F)F. The largest absolute Gasteiger partial charge is 0.418 e.